The van der Waals surface area contributed by atoms with E-state index in [1.54, 1.807) is 0 Å². The number of phosphoric ester groups is 1. The predicted molar refractivity (Wildman–Crippen MR) is 242 cm³/mol. The summed E-state index contributed by atoms with van der Waals surface area (Å²) in [7, 11) is 1.39. The fraction of sp³-hybridized carbons (Fsp3) is 0.625. The van der Waals surface area contributed by atoms with E-state index >= 15 is 0 Å². The van der Waals surface area contributed by atoms with E-state index in [-0.39, 0.29) is 26.1 Å². The van der Waals surface area contributed by atoms with Crippen molar-refractivity contribution < 1.29 is 46.8 Å². The van der Waals surface area contributed by atoms with Gasteiger partial charge in [-0.1, -0.05) is 130 Å². The number of nitrogens with zero attached hydrogens (tertiary/aromatic N) is 1. The number of carbonyl (C=O) groups is 2. The molecule has 1 aliphatic heterocycles. The Labute approximate surface area is 358 Å². The van der Waals surface area contributed by atoms with E-state index < -0.39 is 32.5 Å². The van der Waals surface area contributed by atoms with E-state index in [4.69, 9.17) is 23.3 Å². The number of unbranched alkanes of at least 4 members (excludes halogenated alkanes) is 5. The molecule has 0 aromatic heterocycles. The van der Waals surface area contributed by atoms with Crippen LogP contribution in [0.2, 0.25) is 0 Å². The fourth-order valence-electron chi connectivity index (χ4n) is 5.51. The molecule has 1 rings (SSSR count). The first-order valence-corrected chi connectivity index (χ1v) is 23.6. The summed E-state index contributed by atoms with van der Waals surface area (Å²) >= 11 is 0. The Kier molecular flexibility index (Phi) is 32.6. The van der Waals surface area contributed by atoms with Crippen LogP contribution in [0.25, 0.3) is 0 Å². The first-order chi connectivity index (χ1) is 28.5. The van der Waals surface area contributed by atoms with Crippen molar-refractivity contribution in [3.05, 3.63) is 97.2 Å². The molecule has 0 radical (unpaired) electrons. The Balaban J connectivity index is 2.35. The van der Waals surface area contributed by atoms with Gasteiger partial charge in [-0.3, -0.25) is 18.6 Å². The highest BCUT2D eigenvalue weighted by Gasteiger charge is 2.36. The molecule has 0 aromatic rings. The molecule has 1 saturated heterocycles. The highest BCUT2D eigenvalue weighted by Crippen LogP contribution is 2.43. The lowest BCUT2D eigenvalue weighted by atomic mass is 10.1. The van der Waals surface area contributed by atoms with Crippen LogP contribution in [0.15, 0.2) is 97.2 Å². The molecular formula is C48H79NO9P+. The largest absolute Gasteiger partial charge is 0.472 e. The lowest BCUT2D eigenvalue weighted by Gasteiger charge is -2.24. The monoisotopic (exact) mass is 845 g/mol. The number of rotatable bonds is 37. The molecule has 11 heteroatoms. The molecule has 334 valence electrons. The Morgan fingerprint density at radius 2 is 1.10 bits per heavy atom. The Bertz CT molecular complexity index is 1390. The number of esters is 2. The van der Waals surface area contributed by atoms with Crippen molar-refractivity contribution in [3.63, 3.8) is 0 Å². The van der Waals surface area contributed by atoms with Gasteiger partial charge >= 0.3 is 19.8 Å². The molecule has 1 heterocycles. The van der Waals surface area contributed by atoms with Gasteiger partial charge in [0.05, 0.1) is 40.0 Å². The second-order valence-corrected chi connectivity index (χ2v) is 17.2. The average Bonchev–Trinajstić information content (AvgIpc) is 3.94. The summed E-state index contributed by atoms with van der Waals surface area (Å²) in [6.07, 6.45) is 49.4. The molecule has 0 aromatic carbocycles. The lowest BCUT2D eigenvalue weighted by molar-refractivity contribution is -0.870. The summed E-state index contributed by atoms with van der Waals surface area (Å²) in [6.45, 7) is 4.05. The first-order valence-electron chi connectivity index (χ1n) is 22.1. The SMILES string of the molecule is CC/C=C\C/C=C\C/C=C\CCCCCCCC(=O)OC[C@H](COP(=O)(O)OCC[N+](C)(C)C)OC(=O)CC/C=C\C/C=C\C/C=C\C/C=C\CC1OC1C/C=C\CC. The van der Waals surface area contributed by atoms with Gasteiger partial charge in [0.25, 0.3) is 0 Å². The third-order valence-electron chi connectivity index (χ3n) is 9.03. The van der Waals surface area contributed by atoms with E-state index in [1.807, 2.05) is 33.3 Å². The number of ether oxygens (including phenoxy) is 3. The molecule has 0 bridgehead atoms. The van der Waals surface area contributed by atoms with Crippen LogP contribution in [-0.2, 0) is 37.4 Å². The number of likely N-dealkylation sites (N-methyl/N-ethyl adjacent to an activating group) is 1. The fourth-order valence-corrected chi connectivity index (χ4v) is 6.25. The van der Waals surface area contributed by atoms with Crippen LogP contribution in [0.3, 0.4) is 0 Å². The summed E-state index contributed by atoms with van der Waals surface area (Å²) in [4.78, 5) is 35.4. The van der Waals surface area contributed by atoms with Crippen LogP contribution >= 0.6 is 7.82 Å². The minimum atomic E-state index is -4.41. The molecule has 0 aliphatic carbocycles. The zero-order valence-electron chi connectivity index (χ0n) is 37.1. The van der Waals surface area contributed by atoms with Crippen LogP contribution in [-0.4, -0.2) is 87.1 Å². The first kappa shape index (κ1) is 53.9. The number of phosphoric acid groups is 1. The molecule has 59 heavy (non-hydrogen) atoms. The normalized spacial score (nSPS) is 17.9. The smallest absolute Gasteiger partial charge is 0.462 e. The minimum absolute atomic E-state index is 0.00728. The molecule has 1 aliphatic rings. The second kappa shape index (κ2) is 35.6. The van der Waals surface area contributed by atoms with Crippen molar-refractivity contribution in [1.82, 2.24) is 0 Å². The van der Waals surface area contributed by atoms with E-state index in [2.05, 4.69) is 98.9 Å². The van der Waals surface area contributed by atoms with Gasteiger partial charge in [-0.2, -0.15) is 0 Å². The van der Waals surface area contributed by atoms with Gasteiger partial charge in [0, 0.05) is 12.8 Å². The maximum Gasteiger partial charge on any atom is 0.472 e. The third kappa shape index (κ3) is 36.5. The topological polar surface area (TPSA) is 121 Å². The van der Waals surface area contributed by atoms with Crippen molar-refractivity contribution >= 4 is 19.8 Å². The Hall–Kier alpha value is -3.11. The van der Waals surface area contributed by atoms with Gasteiger partial charge < -0.3 is 23.6 Å². The molecule has 1 fully saturated rings. The Morgan fingerprint density at radius 1 is 0.610 bits per heavy atom. The zero-order valence-corrected chi connectivity index (χ0v) is 38.0. The standard InChI is InChI=1S/C48H78NO9P/c1-6-8-10-11-12-13-14-15-16-17-21-24-27-30-34-38-47(50)54-42-44(43-56-59(52,53)55-41-40-49(3,4)5)57-48(51)39-35-31-28-25-22-19-18-20-23-26-29-33-37-46-45(58-46)36-32-9-7-2/h8-10,12-13,15-16,19-20,22-23,28-29,31-33,44-46H,6-7,11,14,17-18,21,24-27,30,34-43H2,1-5H3/p+1/b10-8-,13-12-,16-15-,22-19-,23-20-,31-28-,32-9-,33-29-/t44-,45?,46?/m1/s1. The summed E-state index contributed by atoms with van der Waals surface area (Å²) in [6, 6.07) is 0. The molecule has 4 atom stereocenters. The highest BCUT2D eigenvalue weighted by molar-refractivity contribution is 7.47. The summed E-state index contributed by atoms with van der Waals surface area (Å²) < 4.78 is 39.9. The van der Waals surface area contributed by atoms with Gasteiger partial charge in [-0.25, -0.2) is 4.57 Å². The van der Waals surface area contributed by atoms with Crippen molar-refractivity contribution in [3.8, 4) is 0 Å². The maximum absolute atomic E-state index is 12.7. The zero-order chi connectivity index (χ0) is 43.3. The molecule has 10 nitrogen and oxygen atoms in total. The molecule has 0 spiro atoms. The minimum Gasteiger partial charge on any atom is -0.462 e. The average molecular weight is 845 g/mol. The summed E-state index contributed by atoms with van der Waals surface area (Å²) in [5, 5.41) is 0. The van der Waals surface area contributed by atoms with Crippen LogP contribution in [0.1, 0.15) is 129 Å². The summed E-state index contributed by atoms with van der Waals surface area (Å²) in [5.41, 5.74) is 0. The number of quaternary nitrogens is 1. The molecule has 0 amide bonds. The van der Waals surface area contributed by atoms with Crippen molar-refractivity contribution in [2.24, 2.45) is 0 Å². The van der Waals surface area contributed by atoms with Crippen LogP contribution in [0.4, 0.5) is 0 Å². The van der Waals surface area contributed by atoms with Gasteiger partial charge in [-0.05, 0) is 83.5 Å². The quantitative estimate of drug-likeness (QED) is 0.0163. The molecule has 0 saturated carbocycles. The van der Waals surface area contributed by atoms with Crippen LogP contribution in [0, 0.1) is 0 Å². The van der Waals surface area contributed by atoms with Crippen LogP contribution < -0.4 is 0 Å². The van der Waals surface area contributed by atoms with E-state index in [9.17, 15) is 19.0 Å². The van der Waals surface area contributed by atoms with Crippen LogP contribution in [0.5, 0.6) is 0 Å². The number of allylic oxidation sites excluding steroid dienone is 14. The Morgan fingerprint density at radius 3 is 1.69 bits per heavy atom. The van der Waals surface area contributed by atoms with Gasteiger partial charge in [0.15, 0.2) is 6.10 Å². The van der Waals surface area contributed by atoms with Crippen molar-refractivity contribution in [2.45, 2.75) is 148 Å². The van der Waals surface area contributed by atoms with E-state index in [0.717, 1.165) is 89.9 Å². The molecule has 1 N–H and O–H groups in total. The molecule has 3 unspecified atom stereocenters. The van der Waals surface area contributed by atoms with Gasteiger partial charge in [0.1, 0.15) is 19.8 Å². The van der Waals surface area contributed by atoms with E-state index in [1.165, 1.54) is 0 Å². The van der Waals surface area contributed by atoms with E-state index in [0.29, 0.717) is 36.1 Å². The lowest BCUT2D eigenvalue weighted by Crippen LogP contribution is -2.37. The highest BCUT2D eigenvalue weighted by atomic mass is 31.2. The second-order valence-electron chi connectivity index (χ2n) is 15.7. The molecular weight excluding hydrogens is 765 g/mol. The van der Waals surface area contributed by atoms with Gasteiger partial charge in [-0.15, -0.1) is 0 Å². The number of hydrogen-bond acceptors (Lipinski definition) is 8. The predicted octanol–water partition coefficient (Wildman–Crippen LogP) is 11.6. The van der Waals surface area contributed by atoms with Gasteiger partial charge in [0.2, 0.25) is 0 Å². The van der Waals surface area contributed by atoms with Crippen molar-refractivity contribution in [2.75, 3.05) is 47.5 Å². The number of epoxide rings is 1. The maximum atomic E-state index is 12.7. The third-order valence-corrected chi connectivity index (χ3v) is 10.0. The number of hydrogen-bond donors (Lipinski definition) is 1. The summed E-state index contributed by atoms with van der Waals surface area (Å²) in [5.74, 6) is -0.932. The number of carbonyl (C=O) groups excluding carboxylic acids is 2. The van der Waals surface area contributed by atoms with Crippen molar-refractivity contribution in [1.29, 1.82) is 0 Å².